The van der Waals surface area contributed by atoms with Gasteiger partial charge in [-0.25, -0.2) is 0 Å². The van der Waals surface area contributed by atoms with E-state index in [4.69, 9.17) is 15.0 Å². The van der Waals surface area contributed by atoms with E-state index >= 15 is 0 Å². The molecule has 2 N–H and O–H groups in total. The highest BCUT2D eigenvalue weighted by Crippen LogP contribution is 2.31. The third-order valence-corrected chi connectivity index (χ3v) is 3.63. The molecule has 0 saturated carbocycles. The zero-order valence-electron chi connectivity index (χ0n) is 13.1. The predicted octanol–water partition coefficient (Wildman–Crippen LogP) is 1.53. The normalized spacial score (nSPS) is 14.0. The topological polar surface area (TPSA) is 93.9 Å². The van der Waals surface area contributed by atoms with Crippen molar-refractivity contribution in [1.29, 1.82) is 0 Å². The van der Waals surface area contributed by atoms with Gasteiger partial charge in [0.05, 0.1) is 13.2 Å². The molecule has 3 rings (SSSR count). The van der Waals surface area contributed by atoms with Crippen LogP contribution in [-0.2, 0) is 0 Å². The Morgan fingerprint density at radius 3 is 2.87 bits per heavy atom. The van der Waals surface area contributed by atoms with E-state index in [1.165, 1.54) is 6.07 Å². The fourth-order valence-corrected chi connectivity index (χ4v) is 2.51. The lowest BCUT2D eigenvalue weighted by Gasteiger charge is -2.16. The van der Waals surface area contributed by atoms with Gasteiger partial charge < -0.3 is 19.9 Å². The monoisotopic (exact) mass is 314 g/mol. The summed E-state index contributed by atoms with van der Waals surface area (Å²) in [5, 5.41) is 3.90. The van der Waals surface area contributed by atoms with Crippen molar-refractivity contribution < 1.29 is 14.1 Å². The number of rotatable bonds is 5. The molecular weight excluding hydrogens is 296 g/mol. The van der Waals surface area contributed by atoms with Crippen LogP contribution in [0.3, 0.4) is 0 Å². The number of amides is 1. The van der Waals surface area contributed by atoms with Gasteiger partial charge in [-0.1, -0.05) is 11.2 Å². The van der Waals surface area contributed by atoms with Crippen LogP contribution < -0.4 is 10.5 Å². The average molecular weight is 314 g/mol. The molecule has 0 fully saturated rings. The summed E-state index contributed by atoms with van der Waals surface area (Å²) in [6, 6.07) is 7.28. The fourth-order valence-electron chi connectivity index (χ4n) is 2.51. The minimum atomic E-state index is -0.653. The molecule has 1 amide bonds. The van der Waals surface area contributed by atoms with Gasteiger partial charge in [0.2, 0.25) is 5.76 Å². The summed E-state index contributed by atoms with van der Waals surface area (Å²) < 4.78 is 10.7. The lowest BCUT2D eigenvalue weighted by atomic mass is 10.1. The van der Waals surface area contributed by atoms with Gasteiger partial charge in [0.1, 0.15) is 17.3 Å². The predicted molar refractivity (Wildman–Crippen MR) is 85.7 cm³/mol. The van der Waals surface area contributed by atoms with Crippen molar-refractivity contribution in [3.8, 4) is 17.0 Å². The van der Waals surface area contributed by atoms with Crippen LogP contribution in [0.5, 0.6) is 5.75 Å². The highest BCUT2D eigenvalue weighted by Gasteiger charge is 2.19. The van der Waals surface area contributed by atoms with Crippen molar-refractivity contribution in [1.82, 2.24) is 10.1 Å². The first-order chi connectivity index (χ1) is 11.1. The Morgan fingerprint density at radius 2 is 2.26 bits per heavy atom. The van der Waals surface area contributed by atoms with Gasteiger partial charge in [-0.05, 0) is 19.1 Å². The Hall–Kier alpha value is -2.83. The van der Waals surface area contributed by atoms with Crippen molar-refractivity contribution in [2.45, 2.75) is 6.92 Å². The number of benzene rings is 1. The first-order valence-electron chi connectivity index (χ1n) is 7.40. The number of aromatic nitrogens is 1. The van der Waals surface area contributed by atoms with Gasteiger partial charge >= 0.3 is 0 Å². The zero-order chi connectivity index (χ0) is 16.4. The number of aliphatic imine (C=N–C) groups is 1. The molecule has 0 bridgehead atoms. The van der Waals surface area contributed by atoms with Crippen molar-refractivity contribution in [2.24, 2.45) is 10.7 Å². The quantitative estimate of drug-likeness (QED) is 0.903. The molecular formula is C16H18N4O3. The van der Waals surface area contributed by atoms with Gasteiger partial charge in [0.15, 0.2) is 0 Å². The van der Waals surface area contributed by atoms with Gasteiger partial charge in [0.25, 0.3) is 5.91 Å². The number of ether oxygens (including phenoxy) is 1. The number of carbonyl (C=O) groups excluding carboxylic acids is 1. The Bertz CT molecular complexity index is 766. The van der Waals surface area contributed by atoms with Crippen LogP contribution in [0.4, 0.5) is 0 Å². The maximum atomic E-state index is 11.2. The first-order valence-corrected chi connectivity index (χ1v) is 7.40. The van der Waals surface area contributed by atoms with Crippen LogP contribution in [0, 0.1) is 0 Å². The molecule has 0 aliphatic carbocycles. The van der Waals surface area contributed by atoms with Crippen LogP contribution in [-0.4, -0.2) is 48.5 Å². The molecule has 0 atom stereocenters. The molecule has 1 aromatic carbocycles. The van der Waals surface area contributed by atoms with E-state index in [2.05, 4.69) is 15.0 Å². The van der Waals surface area contributed by atoms with Crippen molar-refractivity contribution in [3.63, 3.8) is 0 Å². The number of likely N-dealkylation sites (N-methyl/N-ethyl adjacent to an activating group) is 1. The van der Waals surface area contributed by atoms with Gasteiger partial charge in [-0.2, -0.15) is 0 Å². The highest BCUT2D eigenvalue weighted by molar-refractivity contribution is 6.00. The number of hydrogen-bond acceptors (Lipinski definition) is 6. The van der Waals surface area contributed by atoms with E-state index in [0.717, 1.165) is 30.1 Å². The molecule has 7 nitrogen and oxygen atoms in total. The van der Waals surface area contributed by atoms with Crippen LogP contribution in [0.2, 0.25) is 0 Å². The van der Waals surface area contributed by atoms with Gasteiger partial charge in [0, 0.05) is 30.8 Å². The molecule has 7 heteroatoms. The maximum Gasteiger partial charge on any atom is 0.287 e. The van der Waals surface area contributed by atoms with Crippen LogP contribution in [0.15, 0.2) is 33.8 Å². The number of primary amides is 1. The molecule has 0 radical (unpaired) electrons. The minimum Gasteiger partial charge on any atom is -0.493 e. The fraction of sp³-hybridized carbons (Fsp3) is 0.312. The van der Waals surface area contributed by atoms with Crippen molar-refractivity contribution in [2.75, 3.05) is 26.7 Å². The molecule has 0 spiro atoms. The van der Waals surface area contributed by atoms with Crippen LogP contribution in [0.1, 0.15) is 23.0 Å². The Kier molecular flexibility index (Phi) is 4.01. The van der Waals surface area contributed by atoms with E-state index in [1.54, 1.807) is 0 Å². The Balaban J connectivity index is 2.01. The number of nitrogens with zero attached hydrogens (tertiary/aromatic N) is 3. The standard InChI is InChI=1S/C16H18N4O3/c1-3-22-13-8-10(16-18-6-7-20(16)2)4-5-11(13)12-9-14(15(17)21)23-19-12/h4-5,8-9H,3,6-7H2,1-2H3,(H2,17,21). The second kappa shape index (κ2) is 6.12. The third kappa shape index (κ3) is 2.90. The first kappa shape index (κ1) is 15.1. The second-order valence-electron chi connectivity index (χ2n) is 5.21. The summed E-state index contributed by atoms with van der Waals surface area (Å²) in [6.07, 6.45) is 0. The van der Waals surface area contributed by atoms with Crippen molar-refractivity contribution in [3.05, 3.63) is 35.6 Å². The van der Waals surface area contributed by atoms with Crippen molar-refractivity contribution >= 4 is 11.7 Å². The molecule has 1 aromatic heterocycles. The summed E-state index contributed by atoms with van der Waals surface area (Å²) in [5.74, 6) is 0.972. The van der Waals surface area contributed by atoms with Crippen LogP contribution >= 0.6 is 0 Å². The smallest absolute Gasteiger partial charge is 0.287 e. The summed E-state index contributed by atoms with van der Waals surface area (Å²) in [6.45, 7) is 4.13. The van der Waals surface area contributed by atoms with E-state index in [1.807, 2.05) is 32.2 Å². The summed E-state index contributed by atoms with van der Waals surface area (Å²) in [5.41, 5.74) is 7.43. The zero-order valence-corrected chi connectivity index (χ0v) is 13.1. The molecule has 23 heavy (non-hydrogen) atoms. The molecule has 1 aliphatic heterocycles. The molecule has 1 aliphatic rings. The van der Waals surface area contributed by atoms with E-state index in [0.29, 0.717) is 18.1 Å². The summed E-state index contributed by atoms with van der Waals surface area (Å²) >= 11 is 0. The second-order valence-corrected chi connectivity index (χ2v) is 5.21. The number of amidine groups is 1. The van der Waals surface area contributed by atoms with Crippen LogP contribution in [0.25, 0.3) is 11.3 Å². The molecule has 2 aromatic rings. The summed E-state index contributed by atoms with van der Waals surface area (Å²) in [7, 11) is 2.01. The summed E-state index contributed by atoms with van der Waals surface area (Å²) in [4.78, 5) is 17.8. The molecule has 120 valence electrons. The average Bonchev–Trinajstić information content (AvgIpc) is 3.16. The SMILES string of the molecule is CCOc1cc(C2=NCCN2C)ccc1-c1cc(C(N)=O)on1. The Labute approximate surface area is 133 Å². The van der Waals surface area contributed by atoms with Gasteiger partial charge in [-0.3, -0.25) is 9.79 Å². The van der Waals surface area contributed by atoms with Gasteiger partial charge in [-0.15, -0.1) is 0 Å². The Morgan fingerprint density at radius 1 is 1.43 bits per heavy atom. The maximum absolute atomic E-state index is 11.2. The highest BCUT2D eigenvalue weighted by atomic mass is 16.5. The largest absolute Gasteiger partial charge is 0.493 e. The number of hydrogen-bond donors (Lipinski definition) is 1. The van der Waals surface area contributed by atoms with E-state index < -0.39 is 5.91 Å². The molecule has 2 heterocycles. The molecule has 0 saturated heterocycles. The van der Waals surface area contributed by atoms with E-state index in [9.17, 15) is 4.79 Å². The lowest BCUT2D eigenvalue weighted by Crippen LogP contribution is -2.23. The number of carbonyl (C=O) groups is 1. The molecule has 0 unspecified atom stereocenters. The third-order valence-electron chi connectivity index (χ3n) is 3.63. The lowest BCUT2D eigenvalue weighted by molar-refractivity contribution is 0.0965. The number of nitrogens with two attached hydrogens (primary N) is 1. The minimum absolute atomic E-state index is 0.0198. The van der Waals surface area contributed by atoms with E-state index in [-0.39, 0.29) is 5.76 Å².